The van der Waals surface area contributed by atoms with E-state index in [-0.39, 0.29) is 5.69 Å². The van der Waals surface area contributed by atoms with Gasteiger partial charge in [-0.05, 0) is 78.4 Å². The predicted molar refractivity (Wildman–Crippen MR) is 120 cm³/mol. The van der Waals surface area contributed by atoms with Crippen LogP contribution in [0.1, 0.15) is 39.0 Å². The van der Waals surface area contributed by atoms with Crippen LogP contribution >= 0.6 is 22.6 Å². The smallest absolute Gasteiger partial charge is 0.344 e. The molecule has 1 aromatic heterocycles. The number of nitrogens with zero attached hydrogens (tertiary/aromatic N) is 2. The van der Waals surface area contributed by atoms with Gasteiger partial charge in [0.1, 0.15) is 0 Å². The number of halogens is 1. The molecule has 0 fully saturated rings. The Morgan fingerprint density at radius 2 is 2.00 bits per heavy atom. The molecule has 3 rings (SSSR count). The fraction of sp³-hybridized carbons (Fsp3) is 0.143. The molecule has 0 bridgehead atoms. The second-order valence-corrected chi connectivity index (χ2v) is 7.31. The highest BCUT2D eigenvalue weighted by atomic mass is 127. The first-order chi connectivity index (χ1) is 14.5. The highest BCUT2D eigenvalue weighted by molar-refractivity contribution is 14.1. The maximum Gasteiger partial charge on any atom is 0.344 e. The standard InChI is InChI=1S/C21H19IN4O4/c1-3-29-19-11-14(12-23-26-20(27)17-10-13(2)24-25-17)8-9-18(19)30-21(28)15-6-4-5-7-16(15)22/h4-12H,3H2,1-2H3,(H,24,25)(H,26,27)/b23-12-. The molecule has 0 spiro atoms. The Kier molecular flexibility index (Phi) is 7.17. The van der Waals surface area contributed by atoms with Gasteiger partial charge < -0.3 is 9.47 Å². The van der Waals surface area contributed by atoms with Crippen molar-refractivity contribution in [2.75, 3.05) is 6.61 Å². The van der Waals surface area contributed by atoms with Gasteiger partial charge in [0.25, 0.3) is 5.91 Å². The zero-order chi connectivity index (χ0) is 21.5. The summed E-state index contributed by atoms with van der Waals surface area (Å²) in [6, 6.07) is 13.8. The van der Waals surface area contributed by atoms with E-state index < -0.39 is 11.9 Å². The normalized spacial score (nSPS) is 10.8. The SMILES string of the molecule is CCOc1cc(/C=N\NC(=O)c2cc(C)[nH]n2)ccc1OC(=O)c1ccccc1I. The first-order valence-electron chi connectivity index (χ1n) is 9.07. The molecule has 1 heterocycles. The van der Waals surface area contributed by atoms with Crippen molar-refractivity contribution in [1.29, 1.82) is 0 Å². The average Bonchev–Trinajstić information content (AvgIpc) is 3.16. The Morgan fingerprint density at radius 1 is 1.20 bits per heavy atom. The number of hydrazone groups is 1. The van der Waals surface area contributed by atoms with E-state index >= 15 is 0 Å². The highest BCUT2D eigenvalue weighted by Crippen LogP contribution is 2.29. The summed E-state index contributed by atoms with van der Waals surface area (Å²) in [5.41, 5.74) is 4.57. The lowest BCUT2D eigenvalue weighted by molar-refractivity contribution is 0.0727. The average molecular weight is 518 g/mol. The molecule has 0 unspecified atom stereocenters. The van der Waals surface area contributed by atoms with Crippen molar-refractivity contribution in [3.8, 4) is 11.5 Å². The van der Waals surface area contributed by atoms with Crippen molar-refractivity contribution in [2.24, 2.45) is 5.10 Å². The minimum atomic E-state index is -0.469. The molecule has 0 aliphatic rings. The molecular formula is C21H19IN4O4. The third kappa shape index (κ3) is 5.44. The molecule has 0 saturated heterocycles. The summed E-state index contributed by atoms with van der Waals surface area (Å²) in [7, 11) is 0. The molecule has 1 amide bonds. The number of H-pyrrole nitrogens is 1. The minimum absolute atomic E-state index is 0.248. The van der Waals surface area contributed by atoms with Crippen LogP contribution < -0.4 is 14.9 Å². The van der Waals surface area contributed by atoms with Crippen LogP contribution in [0.5, 0.6) is 11.5 Å². The van der Waals surface area contributed by atoms with Gasteiger partial charge in [0, 0.05) is 9.26 Å². The van der Waals surface area contributed by atoms with Crippen molar-refractivity contribution in [3.05, 3.63) is 74.6 Å². The van der Waals surface area contributed by atoms with E-state index in [2.05, 4.69) is 43.3 Å². The molecule has 0 radical (unpaired) electrons. The summed E-state index contributed by atoms with van der Waals surface area (Å²) in [5, 5.41) is 10.5. The molecule has 0 aliphatic heterocycles. The van der Waals surface area contributed by atoms with Crippen molar-refractivity contribution in [2.45, 2.75) is 13.8 Å². The van der Waals surface area contributed by atoms with E-state index in [0.717, 1.165) is 9.26 Å². The lowest BCUT2D eigenvalue weighted by Crippen LogP contribution is -2.18. The maximum atomic E-state index is 12.5. The fourth-order valence-corrected chi connectivity index (χ4v) is 3.10. The second-order valence-electron chi connectivity index (χ2n) is 6.14. The van der Waals surface area contributed by atoms with E-state index in [1.165, 1.54) is 6.21 Å². The van der Waals surface area contributed by atoms with Gasteiger partial charge >= 0.3 is 5.97 Å². The van der Waals surface area contributed by atoms with Gasteiger partial charge in [-0.2, -0.15) is 10.2 Å². The van der Waals surface area contributed by atoms with Gasteiger partial charge in [-0.1, -0.05) is 12.1 Å². The van der Waals surface area contributed by atoms with Crippen LogP contribution in [0.4, 0.5) is 0 Å². The molecule has 0 aliphatic carbocycles. The Balaban J connectivity index is 1.72. The summed E-state index contributed by atoms with van der Waals surface area (Å²) >= 11 is 2.08. The monoisotopic (exact) mass is 518 g/mol. The van der Waals surface area contributed by atoms with Crippen LogP contribution in [0.3, 0.4) is 0 Å². The summed E-state index contributed by atoms with van der Waals surface area (Å²) in [5.74, 6) is -0.197. The molecule has 3 aromatic rings. The number of amides is 1. The third-order valence-corrected chi connectivity index (χ3v) is 4.82. The number of aromatic amines is 1. The zero-order valence-corrected chi connectivity index (χ0v) is 18.5. The topological polar surface area (TPSA) is 106 Å². The van der Waals surface area contributed by atoms with Gasteiger partial charge in [0.15, 0.2) is 17.2 Å². The van der Waals surface area contributed by atoms with E-state index in [0.29, 0.717) is 29.2 Å². The number of hydrogen-bond donors (Lipinski definition) is 2. The first-order valence-corrected chi connectivity index (χ1v) is 10.1. The second kappa shape index (κ2) is 10.0. The molecule has 2 N–H and O–H groups in total. The van der Waals surface area contributed by atoms with E-state index in [9.17, 15) is 9.59 Å². The molecule has 0 saturated carbocycles. The molecule has 2 aromatic carbocycles. The van der Waals surface area contributed by atoms with E-state index in [4.69, 9.17) is 9.47 Å². The van der Waals surface area contributed by atoms with Crippen molar-refractivity contribution >= 4 is 40.7 Å². The Bertz CT molecular complexity index is 1090. The Hall–Kier alpha value is -3.21. The van der Waals surface area contributed by atoms with Crippen molar-refractivity contribution in [3.63, 3.8) is 0 Å². The van der Waals surface area contributed by atoms with Crippen LogP contribution in [0.25, 0.3) is 0 Å². The summed E-state index contributed by atoms with van der Waals surface area (Å²) in [4.78, 5) is 24.5. The highest BCUT2D eigenvalue weighted by Gasteiger charge is 2.15. The van der Waals surface area contributed by atoms with Crippen molar-refractivity contribution < 1.29 is 19.1 Å². The number of carbonyl (C=O) groups is 2. The van der Waals surface area contributed by atoms with Gasteiger partial charge in [-0.3, -0.25) is 9.89 Å². The van der Waals surface area contributed by atoms with Gasteiger partial charge in [-0.25, -0.2) is 10.2 Å². The van der Waals surface area contributed by atoms with Crippen LogP contribution in [-0.2, 0) is 0 Å². The summed E-state index contributed by atoms with van der Waals surface area (Å²) in [6.45, 7) is 4.03. The predicted octanol–water partition coefficient (Wildman–Crippen LogP) is 3.70. The number of rotatable bonds is 7. The number of ether oxygens (including phenoxy) is 2. The maximum absolute atomic E-state index is 12.5. The number of benzene rings is 2. The van der Waals surface area contributed by atoms with Crippen molar-refractivity contribution in [1.82, 2.24) is 15.6 Å². The quantitative estimate of drug-likeness (QED) is 0.163. The van der Waals surface area contributed by atoms with Gasteiger partial charge in [0.05, 0.1) is 18.4 Å². The third-order valence-electron chi connectivity index (χ3n) is 3.88. The number of carbonyl (C=O) groups excluding carboxylic acids is 2. The number of aryl methyl sites for hydroxylation is 1. The molecule has 8 nitrogen and oxygen atoms in total. The Labute approximate surface area is 186 Å². The van der Waals surface area contributed by atoms with Crippen LogP contribution in [0.2, 0.25) is 0 Å². The lowest BCUT2D eigenvalue weighted by Gasteiger charge is -2.12. The Morgan fingerprint density at radius 3 is 2.70 bits per heavy atom. The fourth-order valence-electron chi connectivity index (χ4n) is 2.50. The zero-order valence-electron chi connectivity index (χ0n) is 16.3. The number of aromatic nitrogens is 2. The molecular weight excluding hydrogens is 499 g/mol. The van der Waals surface area contributed by atoms with Crippen LogP contribution in [0.15, 0.2) is 53.6 Å². The molecule has 154 valence electrons. The minimum Gasteiger partial charge on any atom is -0.490 e. The van der Waals surface area contributed by atoms with Gasteiger partial charge in [0.2, 0.25) is 0 Å². The summed E-state index contributed by atoms with van der Waals surface area (Å²) < 4.78 is 11.9. The molecule has 30 heavy (non-hydrogen) atoms. The largest absolute Gasteiger partial charge is 0.490 e. The number of esters is 1. The number of nitrogens with one attached hydrogen (secondary N) is 2. The van der Waals surface area contributed by atoms with Crippen LogP contribution in [0, 0.1) is 10.5 Å². The van der Waals surface area contributed by atoms with Gasteiger partial charge in [-0.15, -0.1) is 0 Å². The number of hydrogen-bond acceptors (Lipinski definition) is 6. The van der Waals surface area contributed by atoms with E-state index in [1.54, 1.807) is 43.3 Å². The molecule has 9 heteroatoms. The van der Waals surface area contributed by atoms with E-state index in [1.807, 2.05) is 19.1 Å². The summed E-state index contributed by atoms with van der Waals surface area (Å²) in [6.07, 6.45) is 1.46. The lowest BCUT2D eigenvalue weighted by atomic mass is 10.2. The molecule has 0 atom stereocenters. The van der Waals surface area contributed by atoms with Crippen LogP contribution in [-0.4, -0.2) is 34.9 Å². The first kappa shape index (κ1) is 21.5.